The fourth-order valence-corrected chi connectivity index (χ4v) is 4.86. The summed E-state index contributed by atoms with van der Waals surface area (Å²) in [6.45, 7) is 2.05. The van der Waals surface area contributed by atoms with Crippen molar-refractivity contribution in [3.05, 3.63) is 124 Å². The van der Waals surface area contributed by atoms with E-state index < -0.39 is 0 Å². The minimum absolute atomic E-state index is 0.0325. The van der Waals surface area contributed by atoms with Gasteiger partial charge in [-0.3, -0.25) is 10.1 Å². The summed E-state index contributed by atoms with van der Waals surface area (Å²) in [6, 6.07) is 30.2. The van der Waals surface area contributed by atoms with Crippen LogP contribution in [-0.2, 0) is 0 Å². The van der Waals surface area contributed by atoms with Crippen LogP contribution in [-0.4, -0.2) is 27.7 Å². The number of nitro benzene ring substituents is 1. The Labute approximate surface area is 225 Å². The molecule has 0 spiro atoms. The van der Waals surface area contributed by atoms with Gasteiger partial charge in [0.1, 0.15) is 5.75 Å². The van der Waals surface area contributed by atoms with Crippen molar-refractivity contribution in [2.24, 2.45) is 5.10 Å². The maximum absolute atomic E-state index is 11.6. The number of nitrogens with zero attached hydrogens (tertiary/aromatic N) is 5. The molecule has 6 rings (SSSR count). The predicted octanol–water partition coefficient (Wildman–Crippen LogP) is 6.88. The number of hydrogen-bond donors (Lipinski definition) is 0. The Kier molecular flexibility index (Phi) is 6.20. The van der Waals surface area contributed by atoms with Crippen LogP contribution in [0.25, 0.3) is 22.2 Å². The Morgan fingerprint density at radius 1 is 0.897 bits per heavy atom. The van der Waals surface area contributed by atoms with Crippen LogP contribution in [0.2, 0.25) is 0 Å². The Morgan fingerprint density at radius 3 is 2.38 bits per heavy atom. The molecule has 0 radical (unpaired) electrons. The first-order chi connectivity index (χ1) is 19.0. The highest BCUT2D eigenvalue weighted by atomic mass is 16.6. The zero-order valence-corrected chi connectivity index (χ0v) is 21.5. The van der Waals surface area contributed by atoms with Gasteiger partial charge in [-0.05, 0) is 48.4 Å². The van der Waals surface area contributed by atoms with Crippen LogP contribution in [0.5, 0.6) is 5.75 Å². The third-order valence-electron chi connectivity index (χ3n) is 6.92. The first-order valence-electron chi connectivity index (χ1n) is 12.6. The molecule has 0 fully saturated rings. The molecule has 0 saturated heterocycles. The molecule has 192 valence electrons. The smallest absolute Gasteiger partial charge is 0.269 e. The summed E-state index contributed by atoms with van der Waals surface area (Å²) in [4.78, 5) is 21.1. The van der Waals surface area contributed by atoms with Crippen molar-refractivity contribution in [1.82, 2.24) is 9.97 Å². The maximum Gasteiger partial charge on any atom is 0.269 e. The number of ether oxygens (including phenoxy) is 1. The highest BCUT2D eigenvalue weighted by Gasteiger charge is 2.33. The number of aryl methyl sites for hydroxylation is 1. The van der Waals surface area contributed by atoms with Gasteiger partial charge in [-0.1, -0.05) is 60.2 Å². The molecule has 0 saturated carbocycles. The lowest BCUT2D eigenvalue weighted by Crippen LogP contribution is -2.21. The van der Waals surface area contributed by atoms with Gasteiger partial charge in [-0.15, -0.1) is 0 Å². The van der Waals surface area contributed by atoms with Crippen molar-refractivity contribution in [2.75, 3.05) is 12.1 Å². The van der Waals surface area contributed by atoms with E-state index in [9.17, 15) is 10.1 Å². The molecule has 8 heteroatoms. The molecule has 1 aliphatic rings. The van der Waals surface area contributed by atoms with Crippen LogP contribution in [0.4, 0.5) is 11.6 Å². The van der Waals surface area contributed by atoms with E-state index in [1.54, 1.807) is 24.3 Å². The van der Waals surface area contributed by atoms with E-state index in [2.05, 4.69) is 31.2 Å². The number of aromatic nitrogens is 2. The van der Waals surface area contributed by atoms with Crippen molar-refractivity contribution < 1.29 is 9.66 Å². The van der Waals surface area contributed by atoms with Gasteiger partial charge in [0.25, 0.3) is 5.69 Å². The molecule has 0 bridgehead atoms. The second-order valence-corrected chi connectivity index (χ2v) is 9.45. The van der Waals surface area contributed by atoms with Gasteiger partial charge in [-0.25, -0.2) is 15.0 Å². The Bertz CT molecular complexity index is 1720. The molecule has 4 aromatic carbocycles. The van der Waals surface area contributed by atoms with Crippen molar-refractivity contribution in [2.45, 2.75) is 19.4 Å². The predicted molar refractivity (Wildman–Crippen MR) is 152 cm³/mol. The summed E-state index contributed by atoms with van der Waals surface area (Å²) < 4.78 is 5.32. The number of hydrogen-bond acceptors (Lipinski definition) is 7. The number of fused-ring (bicyclic) bond motifs is 1. The van der Waals surface area contributed by atoms with Gasteiger partial charge < -0.3 is 4.74 Å². The number of nitro groups is 1. The minimum atomic E-state index is -0.379. The lowest BCUT2D eigenvalue weighted by molar-refractivity contribution is -0.384. The Balaban J connectivity index is 1.51. The molecule has 0 amide bonds. The lowest BCUT2D eigenvalue weighted by atomic mass is 9.98. The summed E-state index contributed by atoms with van der Waals surface area (Å²) in [5, 5.41) is 19.3. The van der Waals surface area contributed by atoms with Gasteiger partial charge in [-0.2, -0.15) is 5.10 Å². The second-order valence-electron chi connectivity index (χ2n) is 9.45. The second kappa shape index (κ2) is 9.98. The average molecular weight is 516 g/mol. The molecular formula is C31H25N5O3. The largest absolute Gasteiger partial charge is 0.497 e. The first kappa shape index (κ1) is 24.2. The molecule has 0 unspecified atom stereocenters. The van der Waals surface area contributed by atoms with Crippen molar-refractivity contribution in [1.29, 1.82) is 0 Å². The van der Waals surface area contributed by atoms with E-state index in [1.807, 2.05) is 54.6 Å². The third kappa shape index (κ3) is 4.68. The fourth-order valence-electron chi connectivity index (χ4n) is 4.86. The number of hydrazone groups is 1. The summed E-state index contributed by atoms with van der Waals surface area (Å²) >= 11 is 0. The molecule has 8 nitrogen and oxygen atoms in total. The Hall–Kier alpha value is -5.11. The zero-order chi connectivity index (χ0) is 26.9. The topological polar surface area (TPSA) is 93.8 Å². The summed E-state index contributed by atoms with van der Waals surface area (Å²) in [7, 11) is 1.63. The summed E-state index contributed by atoms with van der Waals surface area (Å²) in [5.74, 6) is 1.19. The molecule has 1 aromatic heterocycles. The van der Waals surface area contributed by atoms with Gasteiger partial charge in [0.15, 0.2) is 0 Å². The molecule has 0 aliphatic carbocycles. The number of benzene rings is 4. The van der Waals surface area contributed by atoms with Gasteiger partial charge >= 0.3 is 0 Å². The molecular weight excluding hydrogens is 490 g/mol. The van der Waals surface area contributed by atoms with Crippen LogP contribution >= 0.6 is 0 Å². The van der Waals surface area contributed by atoms with E-state index in [-0.39, 0.29) is 16.7 Å². The van der Waals surface area contributed by atoms with E-state index in [1.165, 1.54) is 6.07 Å². The average Bonchev–Trinajstić information content (AvgIpc) is 3.43. The summed E-state index contributed by atoms with van der Waals surface area (Å²) in [5.41, 5.74) is 6.32. The van der Waals surface area contributed by atoms with E-state index in [0.717, 1.165) is 50.3 Å². The van der Waals surface area contributed by atoms with Crippen LogP contribution in [0.15, 0.2) is 102 Å². The fraction of sp³-hybridized carbons (Fsp3) is 0.129. The third-order valence-corrected chi connectivity index (χ3v) is 6.92. The van der Waals surface area contributed by atoms with E-state index in [4.69, 9.17) is 19.8 Å². The molecule has 5 aromatic rings. The van der Waals surface area contributed by atoms with Crippen LogP contribution in [0.3, 0.4) is 0 Å². The number of para-hydroxylation sites is 1. The van der Waals surface area contributed by atoms with Crippen LogP contribution < -0.4 is 9.75 Å². The molecule has 1 atom stereocenters. The van der Waals surface area contributed by atoms with Gasteiger partial charge in [0.05, 0.1) is 35.0 Å². The summed E-state index contributed by atoms with van der Waals surface area (Å²) in [6.07, 6.45) is 0.531. The highest BCUT2D eigenvalue weighted by Crippen LogP contribution is 2.38. The molecule has 39 heavy (non-hydrogen) atoms. The quantitative estimate of drug-likeness (QED) is 0.181. The van der Waals surface area contributed by atoms with Gasteiger partial charge in [0.2, 0.25) is 5.95 Å². The monoisotopic (exact) mass is 515 g/mol. The first-order valence-corrected chi connectivity index (χ1v) is 12.6. The SMILES string of the molecule is COc1ccc(C2=NN(c3nc(-c4ccc(C)cc4)c4ccccc4n3)[C@@H](c3cccc([N+](=O)[O-])c3)C2)cc1. The minimum Gasteiger partial charge on any atom is -0.497 e. The normalized spacial score (nSPS) is 14.9. The van der Waals surface area contributed by atoms with Crippen molar-refractivity contribution in [3.8, 4) is 17.0 Å². The van der Waals surface area contributed by atoms with Crippen LogP contribution in [0, 0.1) is 17.0 Å². The highest BCUT2D eigenvalue weighted by molar-refractivity contribution is 6.03. The number of rotatable bonds is 6. The van der Waals surface area contributed by atoms with Crippen molar-refractivity contribution in [3.63, 3.8) is 0 Å². The van der Waals surface area contributed by atoms with Crippen LogP contribution in [0.1, 0.15) is 29.2 Å². The molecule has 1 aliphatic heterocycles. The zero-order valence-electron chi connectivity index (χ0n) is 21.5. The van der Waals surface area contributed by atoms with Gasteiger partial charge in [0, 0.05) is 29.5 Å². The standard InChI is InChI=1S/C31H25N5O3/c1-20-10-12-22(13-11-20)30-26-8-3-4-9-27(26)32-31(33-30)35-29(23-6-5-7-24(18-23)36(37)38)19-28(34-35)21-14-16-25(39-2)17-15-21/h3-18,29H,19H2,1-2H3/t29-/m1/s1. The maximum atomic E-state index is 11.6. The molecule has 2 heterocycles. The number of non-ortho nitro benzene ring substituents is 1. The Morgan fingerprint density at radius 2 is 1.64 bits per heavy atom. The van der Waals surface area contributed by atoms with Crippen molar-refractivity contribution >= 4 is 28.3 Å². The number of anilines is 1. The molecule has 0 N–H and O–H groups in total. The lowest BCUT2D eigenvalue weighted by Gasteiger charge is -2.23. The number of methoxy groups -OCH3 is 1. The van der Waals surface area contributed by atoms with E-state index >= 15 is 0 Å². The van der Waals surface area contributed by atoms with E-state index in [0.29, 0.717) is 12.4 Å².